The van der Waals surface area contributed by atoms with Crippen LogP contribution in [0.25, 0.3) is 39.1 Å². The maximum atomic E-state index is 15.0. The van der Waals surface area contributed by atoms with Crippen LogP contribution in [0.15, 0.2) is 151 Å². The van der Waals surface area contributed by atoms with E-state index in [2.05, 4.69) is 6.07 Å². The number of nitrogens with zero attached hydrogens (tertiary/aromatic N) is 5. The van der Waals surface area contributed by atoms with Crippen LogP contribution < -0.4 is 10.5 Å². The SMILES string of the molecule is COc1ccc(-c2cc(C(=O)N3N=C(c4ccc(N)cc4)CC3c3cc(-c4ccccc4)nn3-c3ccccc3)c3ccccc3n2)cc1. The molecular formula is C41H32N6O2. The molecule has 1 aliphatic heterocycles. The second-order valence-corrected chi connectivity index (χ2v) is 11.9. The van der Waals surface area contributed by atoms with Gasteiger partial charge in [0.25, 0.3) is 5.91 Å². The fourth-order valence-electron chi connectivity index (χ4n) is 6.32. The number of methoxy groups -OCH3 is 1. The first-order chi connectivity index (χ1) is 24.1. The summed E-state index contributed by atoms with van der Waals surface area (Å²) in [7, 11) is 1.64. The Labute approximate surface area is 283 Å². The third-order valence-electron chi connectivity index (χ3n) is 8.84. The summed E-state index contributed by atoms with van der Waals surface area (Å²) in [5.41, 5.74) is 14.7. The molecule has 0 radical (unpaired) electrons. The summed E-state index contributed by atoms with van der Waals surface area (Å²) >= 11 is 0. The smallest absolute Gasteiger partial charge is 0.275 e. The summed E-state index contributed by atoms with van der Waals surface area (Å²) in [5.74, 6) is 0.515. The molecule has 1 amide bonds. The number of carbonyl (C=O) groups excluding carboxylic acids is 1. The summed E-state index contributed by atoms with van der Waals surface area (Å²) in [4.78, 5) is 19.9. The zero-order valence-corrected chi connectivity index (χ0v) is 26.8. The highest BCUT2D eigenvalue weighted by molar-refractivity contribution is 6.10. The van der Waals surface area contributed by atoms with Crippen molar-refractivity contribution in [3.63, 3.8) is 0 Å². The number of amides is 1. The maximum Gasteiger partial charge on any atom is 0.275 e. The molecule has 0 bridgehead atoms. The molecule has 0 aliphatic carbocycles. The van der Waals surface area contributed by atoms with Gasteiger partial charge in [-0.25, -0.2) is 14.7 Å². The highest BCUT2D eigenvalue weighted by Gasteiger charge is 2.37. The van der Waals surface area contributed by atoms with E-state index in [1.54, 1.807) is 12.1 Å². The lowest BCUT2D eigenvalue weighted by molar-refractivity contribution is 0.0708. The van der Waals surface area contributed by atoms with Gasteiger partial charge in [0.15, 0.2) is 0 Å². The Morgan fingerprint density at radius 3 is 2.12 bits per heavy atom. The third-order valence-corrected chi connectivity index (χ3v) is 8.84. The Morgan fingerprint density at radius 2 is 1.39 bits per heavy atom. The number of hydrogen-bond acceptors (Lipinski definition) is 6. The van der Waals surface area contributed by atoms with Crippen LogP contribution in [0.2, 0.25) is 0 Å². The standard InChI is InChI=1S/C41H32N6O2/c1-49-32-22-18-28(19-23-32)36-24-34(33-14-8-9-15-35(33)43-36)41(48)47-40(26-38(45-47)29-16-20-30(42)21-17-29)39-25-37(27-10-4-2-5-11-27)44-46(39)31-12-6-3-7-13-31/h2-25,40H,26,42H2,1H3. The minimum absolute atomic E-state index is 0.231. The molecule has 2 N–H and O–H groups in total. The van der Waals surface area contributed by atoms with Gasteiger partial charge in [0.2, 0.25) is 0 Å². The summed E-state index contributed by atoms with van der Waals surface area (Å²) in [5, 5.41) is 12.5. The molecule has 0 fully saturated rings. The molecule has 0 saturated heterocycles. The topological polar surface area (TPSA) is 98.6 Å². The molecular weight excluding hydrogens is 608 g/mol. The lowest BCUT2D eigenvalue weighted by Gasteiger charge is -2.23. The van der Waals surface area contributed by atoms with Gasteiger partial charge in [-0.2, -0.15) is 10.2 Å². The molecule has 1 unspecified atom stereocenters. The van der Waals surface area contributed by atoms with E-state index in [0.29, 0.717) is 23.4 Å². The number of rotatable bonds is 7. The monoisotopic (exact) mass is 640 g/mol. The molecule has 238 valence electrons. The number of nitrogen functional groups attached to an aromatic ring is 1. The normalized spacial score (nSPS) is 14.2. The summed E-state index contributed by atoms with van der Waals surface area (Å²) in [6.07, 6.45) is 0.483. The number of hydrogen-bond donors (Lipinski definition) is 1. The molecule has 1 atom stereocenters. The van der Waals surface area contributed by atoms with Gasteiger partial charge in [-0.1, -0.05) is 78.9 Å². The molecule has 2 aromatic heterocycles. The number of nitrogens with two attached hydrogens (primary N) is 1. The van der Waals surface area contributed by atoms with Gasteiger partial charge in [-0.15, -0.1) is 0 Å². The average Bonchev–Trinajstić information content (AvgIpc) is 3.81. The van der Waals surface area contributed by atoms with Crippen LogP contribution in [-0.4, -0.2) is 38.5 Å². The van der Waals surface area contributed by atoms with E-state index in [0.717, 1.165) is 56.1 Å². The van der Waals surface area contributed by atoms with Crippen LogP contribution in [0.1, 0.15) is 34.1 Å². The van der Waals surface area contributed by atoms with Gasteiger partial charge < -0.3 is 10.5 Å². The van der Waals surface area contributed by atoms with Crippen molar-refractivity contribution in [1.82, 2.24) is 19.8 Å². The zero-order chi connectivity index (χ0) is 33.3. The van der Waals surface area contributed by atoms with Gasteiger partial charge >= 0.3 is 0 Å². The first-order valence-corrected chi connectivity index (χ1v) is 16.1. The van der Waals surface area contributed by atoms with E-state index < -0.39 is 6.04 Å². The lowest BCUT2D eigenvalue weighted by Crippen LogP contribution is -2.29. The highest BCUT2D eigenvalue weighted by atomic mass is 16.5. The molecule has 0 spiro atoms. The quantitative estimate of drug-likeness (QED) is 0.177. The van der Waals surface area contributed by atoms with Crippen LogP contribution in [0.5, 0.6) is 5.75 Å². The minimum atomic E-state index is -0.457. The van der Waals surface area contributed by atoms with Crippen molar-refractivity contribution < 1.29 is 9.53 Å². The van der Waals surface area contributed by atoms with Crippen molar-refractivity contribution in [2.45, 2.75) is 12.5 Å². The highest BCUT2D eigenvalue weighted by Crippen LogP contribution is 2.38. The predicted octanol–water partition coefficient (Wildman–Crippen LogP) is 8.34. The number of anilines is 1. The van der Waals surface area contributed by atoms with Gasteiger partial charge in [0.1, 0.15) is 11.8 Å². The first-order valence-electron chi connectivity index (χ1n) is 16.1. The molecule has 5 aromatic carbocycles. The molecule has 8 rings (SSSR count). The fourth-order valence-corrected chi connectivity index (χ4v) is 6.32. The molecule has 8 heteroatoms. The second-order valence-electron chi connectivity index (χ2n) is 11.9. The Morgan fingerprint density at radius 1 is 0.735 bits per heavy atom. The van der Waals surface area contributed by atoms with Crippen LogP contribution in [0.3, 0.4) is 0 Å². The Hall–Kier alpha value is -6.54. The summed E-state index contributed by atoms with van der Waals surface area (Å²) in [6.45, 7) is 0. The van der Waals surface area contributed by atoms with Crippen molar-refractivity contribution >= 4 is 28.2 Å². The van der Waals surface area contributed by atoms with Crippen LogP contribution >= 0.6 is 0 Å². The van der Waals surface area contributed by atoms with Crippen LogP contribution in [-0.2, 0) is 0 Å². The van der Waals surface area contributed by atoms with Crippen molar-refractivity contribution in [3.8, 4) is 34.0 Å². The van der Waals surface area contributed by atoms with E-state index in [9.17, 15) is 0 Å². The number of hydrazone groups is 1. The Balaban J connectivity index is 1.29. The summed E-state index contributed by atoms with van der Waals surface area (Å²) < 4.78 is 7.31. The molecule has 3 heterocycles. The third kappa shape index (κ3) is 5.70. The number of carbonyl (C=O) groups is 1. The molecule has 1 aliphatic rings. The molecule has 0 saturated carbocycles. The number of ether oxygens (including phenoxy) is 1. The van der Waals surface area contributed by atoms with Gasteiger partial charge in [0.05, 0.1) is 46.7 Å². The average molecular weight is 641 g/mol. The molecule has 49 heavy (non-hydrogen) atoms. The van der Waals surface area contributed by atoms with Gasteiger partial charge in [-0.05, 0) is 72.3 Å². The van der Waals surface area contributed by atoms with Crippen LogP contribution in [0, 0.1) is 0 Å². The number of para-hydroxylation sites is 2. The van der Waals surface area contributed by atoms with Crippen molar-refractivity contribution in [2.24, 2.45) is 5.10 Å². The first kappa shape index (κ1) is 29.8. The van der Waals surface area contributed by atoms with Crippen molar-refractivity contribution in [2.75, 3.05) is 12.8 Å². The molecule has 8 nitrogen and oxygen atoms in total. The number of pyridine rings is 1. The largest absolute Gasteiger partial charge is 0.497 e. The van der Waals surface area contributed by atoms with Gasteiger partial charge in [-0.3, -0.25) is 4.79 Å². The second kappa shape index (κ2) is 12.6. The minimum Gasteiger partial charge on any atom is -0.497 e. The predicted molar refractivity (Wildman–Crippen MR) is 194 cm³/mol. The van der Waals surface area contributed by atoms with E-state index >= 15 is 4.79 Å². The van der Waals surface area contributed by atoms with E-state index in [1.807, 2.05) is 144 Å². The summed E-state index contributed by atoms with van der Waals surface area (Å²) in [6, 6.07) is 46.6. The lowest BCUT2D eigenvalue weighted by atomic mass is 9.99. The van der Waals surface area contributed by atoms with E-state index in [1.165, 1.54) is 0 Å². The Bertz CT molecular complexity index is 2320. The van der Waals surface area contributed by atoms with E-state index in [4.69, 9.17) is 25.7 Å². The van der Waals surface area contributed by atoms with E-state index in [-0.39, 0.29) is 5.91 Å². The maximum absolute atomic E-state index is 15.0. The fraction of sp³-hybridized carbons (Fsp3) is 0.0732. The van der Waals surface area contributed by atoms with Crippen LogP contribution in [0.4, 0.5) is 5.69 Å². The molecule has 7 aromatic rings. The van der Waals surface area contributed by atoms with Crippen molar-refractivity contribution in [1.29, 1.82) is 0 Å². The Kier molecular flexibility index (Phi) is 7.66. The number of benzene rings is 5. The zero-order valence-electron chi connectivity index (χ0n) is 26.8. The van der Waals surface area contributed by atoms with Gasteiger partial charge in [0, 0.05) is 28.6 Å². The number of fused-ring (bicyclic) bond motifs is 1. The van der Waals surface area contributed by atoms with Crippen molar-refractivity contribution in [3.05, 3.63) is 162 Å². The number of aromatic nitrogens is 3.